The van der Waals surface area contributed by atoms with E-state index in [-0.39, 0.29) is 11.8 Å². The summed E-state index contributed by atoms with van der Waals surface area (Å²) in [5, 5.41) is 4.28. The van der Waals surface area contributed by atoms with Crippen LogP contribution in [0.3, 0.4) is 0 Å². The maximum absolute atomic E-state index is 12.3. The molecule has 1 N–H and O–H groups in total. The molecule has 0 aromatic heterocycles. The van der Waals surface area contributed by atoms with Crippen LogP contribution < -0.4 is 5.43 Å². The number of hydrazone groups is 1. The first-order chi connectivity index (χ1) is 10.7. The van der Waals surface area contributed by atoms with E-state index in [1.165, 1.54) is 0 Å². The summed E-state index contributed by atoms with van der Waals surface area (Å²) in [5.74, 6) is 1.39. The fraction of sp³-hybridized carbons (Fsp3) is 0.444. The highest BCUT2D eigenvalue weighted by Gasteiger charge is 2.53. The highest BCUT2D eigenvalue weighted by atomic mass is 79.9. The van der Waals surface area contributed by atoms with Crippen molar-refractivity contribution in [3.8, 4) is 0 Å². The number of allylic oxidation sites excluding steroid dienone is 2. The fourth-order valence-electron chi connectivity index (χ4n) is 3.40. The van der Waals surface area contributed by atoms with Crippen LogP contribution in [0.2, 0.25) is 0 Å². The SMILES string of the molecule is C/C(=N/NC(=O)C1C2CC/C=C\CCC21)c1ccc(Br)cc1. The Labute approximate surface area is 140 Å². The van der Waals surface area contributed by atoms with Gasteiger partial charge in [-0.15, -0.1) is 0 Å². The summed E-state index contributed by atoms with van der Waals surface area (Å²) in [6, 6.07) is 7.94. The van der Waals surface area contributed by atoms with Gasteiger partial charge in [0, 0.05) is 10.4 Å². The van der Waals surface area contributed by atoms with Gasteiger partial charge in [0.15, 0.2) is 0 Å². The summed E-state index contributed by atoms with van der Waals surface area (Å²) in [4.78, 5) is 12.3. The molecular weight excluding hydrogens is 340 g/mol. The molecular formula is C18H21BrN2O. The normalized spacial score (nSPS) is 29.0. The van der Waals surface area contributed by atoms with E-state index >= 15 is 0 Å². The molecule has 3 nitrogen and oxygen atoms in total. The largest absolute Gasteiger partial charge is 0.273 e. The highest BCUT2D eigenvalue weighted by Crippen LogP contribution is 2.52. The second kappa shape index (κ2) is 6.78. The van der Waals surface area contributed by atoms with Crippen molar-refractivity contribution in [2.75, 3.05) is 0 Å². The van der Waals surface area contributed by atoms with Crippen LogP contribution >= 0.6 is 15.9 Å². The fourth-order valence-corrected chi connectivity index (χ4v) is 3.67. The van der Waals surface area contributed by atoms with Gasteiger partial charge >= 0.3 is 0 Å². The van der Waals surface area contributed by atoms with Gasteiger partial charge in [-0.25, -0.2) is 5.43 Å². The lowest BCUT2D eigenvalue weighted by atomic mass is 10.1. The molecule has 1 saturated carbocycles. The van der Waals surface area contributed by atoms with E-state index in [1.54, 1.807) is 0 Å². The van der Waals surface area contributed by atoms with Crippen LogP contribution in [-0.4, -0.2) is 11.6 Å². The molecule has 116 valence electrons. The summed E-state index contributed by atoms with van der Waals surface area (Å²) < 4.78 is 1.04. The van der Waals surface area contributed by atoms with Gasteiger partial charge < -0.3 is 0 Å². The molecule has 1 aromatic carbocycles. The monoisotopic (exact) mass is 360 g/mol. The third kappa shape index (κ3) is 3.49. The molecule has 0 aliphatic heterocycles. The predicted octanol–water partition coefficient (Wildman–Crippen LogP) is 4.28. The molecule has 2 unspecified atom stereocenters. The van der Waals surface area contributed by atoms with Crippen LogP contribution in [0.25, 0.3) is 0 Å². The quantitative estimate of drug-likeness (QED) is 0.487. The van der Waals surface area contributed by atoms with E-state index in [4.69, 9.17) is 0 Å². The minimum Gasteiger partial charge on any atom is -0.273 e. The van der Waals surface area contributed by atoms with Crippen molar-refractivity contribution >= 4 is 27.5 Å². The molecule has 1 amide bonds. The van der Waals surface area contributed by atoms with Gasteiger partial charge in [0.25, 0.3) is 0 Å². The number of nitrogens with zero attached hydrogens (tertiary/aromatic N) is 1. The van der Waals surface area contributed by atoms with Crippen molar-refractivity contribution in [3.05, 3.63) is 46.5 Å². The Kier molecular flexibility index (Phi) is 4.77. The number of rotatable bonds is 3. The maximum atomic E-state index is 12.3. The lowest BCUT2D eigenvalue weighted by Gasteiger charge is -2.03. The van der Waals surface area contributed by atoms with Gasteiger partial charge in [0.05, 0.1) is 5.71 Å². The van der Waals surface area contributed by atoms with Gasteiger partial charge in [0.1, 0.15) is 0 Å². The number of amides is 1. The summed E-state index contributed by atoms with van der Waals surface area (Å²) in [5.41, 5.74) is 4.63. The Bertz CT molecular complexity index is 590. The average Bonchev–Trinajstić information content (AvgIpc) is 3.16. The molecule has 0 heterocycles. The smallest absolute Gasteiger partial charge is 0.243 e. The van der Waals surface area contributed by atoms with Crippen LogP contribution in [0.5, 0.6) is 0 Å². The lowest BCUT2D eigenvalue weighted by molar-refractivity contribution is -0.122. The Morgan fingerprint density at radius 1 is 1.14 bits per heavy atom. The number of nitrogens with one attached hydrogen (secondary N) is 1. The second-order valence-electron chi connectivity index (χ2n) is 6.16. The number of benzene rings is 1. The third-order valence-corrected chi connectivity index (χ3v) is 5.26. The maximum Gasteiger partial charge on any atom is 0.243 e. The molecule has 2 aliphatic rings. The van der Waals surface area contributed by atoms with Crippen LogP contribution in [0, 0.1) is 17.8 Å². The van der Waals surface area contributed by atoms with Gasteiger partial charge in [-0.1, -0.05) is 40.2 Å². The molecule has 1 fully saturated rings. The molecule has 0 spiro atoms. The zero-order chi connectivity index (χ0) is 15.5. The highest BCUT2D eigenvalue weighted by molar-refractivity contribution is 9.10. The standard InChI is InChI=1S/C18H21BrN2O/c1-12(13-8-10-14(19)11-9-13)20-21-18(22)17-15-6-4-2-3-5-7-16(15)17/h2-3,8-11,15-17H,4-7H2,1H3,(H,21,22)/b3-2-,20-12-. The van der Waals surface area contributed by atoms with Gasteiger partial charge in [0.2, 0.25) is 5.91 Å². The average molecular weight is 361 g/mol. The van der Waals surface area contributed by atoms with Crippen molar-refractivity contribution in [3.63, 3.8) is 0 Å². The van der Waals surface area contributed by atoms with Gasteiger partial charge in [-0.2, -0.15) is 5.10 Å². The molecule has 0 saturated heterocycles. The number of hydrogen-bond acceptors (Lipinski definition) is 2. The zero-order valence-electron chi connectivity index (χ0n) is 12.8. The van der Waals surface area contributed by atoms with E-state index < -0.39 is 0 Å². The Balaban J connectivity index is 1.58. The van der Waals surface area contributed by atoms with E-state index in [1.807, 2.05) is 31.2 Å². The third-order valence-electron chi connectivity index (χ3n) is 4.73. The Morgan fingerprint density at radius 3 is 2.32 bits per heavy atom. The van der Waals surface area contributed by atoms with Crippen molar-refractivity contribution in [1.82, 2.24) is 5.43 Å². The summed E-state index contributed by atoms with van der Waals surface area (Å²) in [6.07, 6.45) is 8.97. The lowest BCUT2D eigenvalue weighted by Crippen LogP contribution is -2.22. The van der Waals surface area contributed by atoms with Gasteiger partial charge in [-0.05, 0) is 62.1 Å². The summed E-state index contributed by atoms with van der Waals surface area (Å²) in [6.45, 7) is 1.92. The first-order valence-electron chi connectivity index (χ1n) is 7.92. The van der Waals surface area contributed by atoms with Crippen molar-refractivity contribution in [1.29, 1.82) is 0 Å². The summed E-state index contributed by atoms with van der Waals surface area (Å²) in [7, 11) is 0. The van der Waals surface area contributed by atoms with Crippen LogP contribution in [-0.2, 0) is 4.79 Å². The molecule has 22 heavy (non-hydrogen) atoms. The molecule has 1 aromatic rings. The number of carbonyl (C=O) groups excluding carboxylic acids is 1. The number of fused-ring (bicyclic) bond motifs is 1. The molecule has 0 bridgehead atoms. The molecule has 0 radical (unpaired) electrons. The van der Waals surface area contributed by atoms with E-state index in [0.29, 0.717) is 11.8 Å². The van der Waals surface area contributed by atoms with Gasteiger partial charge in [-0.3, -0.25) is 4.79 Å². The summed E-state index contributed by atoms with van der Waals surface area (Å²) >= 11 is 3.42. The molecule has 3 rings (SSSR count). The molecule has 2 atom stereocenters. The van der Waals surface area contributed by atoms with Crippen molar-refractivity contribution in [2.45, 2.75) is 32.6 Å². The van der Waals surface area contributed by atoms with Crippen LogP contribution in [0.4, 0.5) is 0 Å². The van der Waals surface area contributed by atoms with E-state index in [0.717, 1.165) is 41.4 Å². The first-order valence-corrected chi connectivity index (χ1v) is 8.71. The van der Waals surface area contributed by atoms with E-state index in [9.17, 15) is 4.79 Å². The minimum atomic E-state index is 0.0911. The zero-order valence-corrected chi connectivity index (χ0v) is 14.3. The number of halogens is 1. The van der Waals surface area contributed by atoms with Crippen LogP contribution in [0.1, 0.15) is 38.2 Å². The minimum absolute atomic E-state index is 0.0911. The molecule has 4 heteroatoms. The van der Waals surface area contributed by atoms with Crippen molar-refractivity contribution in [2.24, 2.45) is 22.9 Å². The Hall–Kier alpha value is -1.42. The predicted molar refractivity (Wildman–Crippen MR) is 92.6 cm³/mol. The topological polar surface area (TPSA) is 41.5 Å². The first kappa shape index (κ1) is 15.5. The number of carbonyl (C=O) groups is 1. The van der Waals surface area contributed by atoms with E-state index in [2.05, 4.69) is 38.6 Å². The Morgan fingerprint density at radius 2 is 1.73 bits per heavy atom. The molecule has 2 aliphatic carbocycles. The van der Waals surface area contributed by atoms with Crippen molar-refractivity contribution < 1.29 is 4.79 Å². The van der Waals surface area contributed by atoms with Crippen LogP contribution in [0.15, 0.2) is 46.0 Å². The number of hydrogen-bond donors (Lipinski definition) is 1. The second-order valence-corrected chi connectivity index (χ2v) is 7.08.